The van der Waals surface area contributed by atoms with Crippen molar-refractivity contribution in [2.24, 2.45) is 5.92 Å². The highest BCUT2D eigenvalue weighted by Crippen LogP contribution is 2.29. The topological polar surface area (TPSA) is 55.3 Å². The highest BCUT2D eigenvalue weighted by molar-refractivity contribution is 14.1. The van der Waals surface area contributed by atoms with Crippen molar-refractivity contribution in [3.63, 3.8) is 0 Å². The summed E-state index contributed by atoms with van der Waals surface area (Å²) in [6.07, 6.45) is 5.72. The van der Waals surface area contributed by atoms with Crippen molar-refractivity contribution < 1.29 is 14.0 Å². The summed E-state index contributed by atoms with van der Waals surface area (Å²) in [4.78, 5) is 18.1. The number of rotatable bonds is 7. The van der Waals surface area contributed by atoms with E-state index >= 15 is 0 Å². The van der Waals surface area contributed by atoms with Gasteiger partial charge in [0.1, 0.15) is 5.82 Å². The molecule has 2 aromatic carbocycles. The molecule has 0 aliphatic heterocycles. The maximum absolute atomic E-state index is 14.8. The van der Waals surface area contributed by atoms with Crippen LogP contribution in [0.1, 0.15) is 23.2 Å². The molecule has 0 atom stereocenters. The Morgan fingerprint density at radius 3 is 2.57 bits per heavy atom. The molecular formula is C21H19FIN3O2. The number of hydrogen-bond acceptors (Lipinski definition) is 3. The van der Waals surface area contributed by atoms with Gasteiger partial charge in [-0.1, -0.05) is 0 Å². The van der Waals surface area contributed by atoms with Crippen LogP contribution in [-0.2, 0) is 4.84 Å². The lowest BCUT2D eigenvalue weighted by atomic mass is 10.1. The molecule has 1 aliphatic rings. The minimum Gasteiger partial charge on any atom is -0.355 e. The van der Waals surface area contributed by atoms with Crippen LogP contribution >= 0.6 is 22.6 Å². The van der Waals surface area contributed by atoms with Crippen LogP contribution in [0.5, 0.6) is 0 Å². The van der Waals surface area contributed by atoms with Crippen molar-refractivity contribution in [2.75, 3.05) is 11.9 Å². The standard InChI is InChI=1S/C21H19FIN3O2/c22-18-12-19(24-16-7-5-15(23)6-8-16)17(11-20(18)26-9-1-2-10-26)21(27)25-28-13-14-3-4-14/h1-2,5-12,14,24H,3-4,13H2,(H,25,27). The Labute approximate surface area is 176 Å². The second-order valence-electron chi connectivity index (χ2n) is 6.76. The molecule has 1 aromatic heterocycles. The summed E-state index contributed by atoms with van der Waals surface area (Å²) in [6.45, 7) is 0.497. The molecule has 4 rings (SSSR count). The quantitative estimate of drug-likeness (QED) is 0.360. The number of hydrogen-bond donors (Lipinski definition) is 2. The summed E-state index contributed by atoms with van der Waals surface area (Å²) >= 11 is 2.21. The monoisotopic (exact) mass is 491 g/mol. The van der Waals surface area contributed by atoms with Gasteiger partial charge in [0, 0.05) is 27.7 Å². The molecule has 1 fully saturated rings. The molecule has 0 radical (unpaired) electrons. The zero-order valence-electron chi connectivity index (χ0n) is 15.0. The van der Waals surface area contributed by atoms with Crippen molar-refractivity contribution in [3.05, 3.63) is 75.9 Å². The molecule has 3 aromatic rings. The van der Waals surface area contributed by atoms with E-state index in [2.05, 4.69) is 33.4 Å². The van der Waals surface area contributed by atoms with E-state index in [0.717, 1.165) is 22.1 Å². The van der Waals surface area contributed by atoms with E-state index in [9.17, 15) is 9.18 Å². The molecule has 5 nitrogen and oxygen atoms in total. The molecule has 1 amide bonds. The fourth-order valence-electron chi connectivity index (χ4n) is 2.80. The molecule has 2 N–H and O–H groups in total. The van der Waals surface area contributed by atoms with Gasteiger partial charge in [-0.05, 0) is 83.8 Å². The van der Waals surface area contributed by atoms with E-state index in [1.807, 2.05) is 24.3 Å². The molecule has 144 valence electrons. The van der Waals surface area contributed by atoms with Gasteiger partial charge in [0.15, 0.2) is 0 Å². The van der Waals surface area contributed by atoms with Crippen LogP contribution < -0.4 is 10.8 Å². The molecule has 0 saturated heterocycles. The predicted octanol–water partition coefficient (Wildman–Crippen LogP) is 5.04. The van der Waals surface area contributed by atoms with Gasteiger partial charge < -0.3 is 9.88 Å². The Kier molecular flexibility index (Phi) is 5.63. The second kappa shape index (κ2) is 8.32. The fourth-order valence-corrected chi connectivity index (χ4v) is 3.16. The minimum absolute atomic E-state index is 0.297. The third-order valence-electron chi connectivity index (χ3n) is 4.52. The summed E-state index contributed by atoms with van der Waals surface area (Å²) < 4.78 is 17.5. The van der Waals surface area contributed by atoms with Crippen LogP contribution in [0.4, 0.5) is 15.8 Å². The summed E-state index contributed by atoms with van der Waals surface area (Å²) in [5.41, 5.74) is 4.23. The van der Waals surface area contributed by atoms with Gasteiger partial charge in [0.05, 0.1) is 23.5 Å². The van der Waals surface area contributed by atoms with Crippen LogP contribution in [0.2, 0.25) is 0 Å². The third kappa shape index (κ3) is 4.53. The van der Waals surface area contributed by atoms with Crippen molar-refractivity contribution in [1.82, 2.24) is 10.0 Å². The zero-order valence-corrected chi connectivity index (χ0v) is 17.1. The minimum atomic E-state index is -0.431. The first-order valence-corrected chi connectivity index (χ1v) is 10.1. The van der Waals surface area contributed by atoms with Crippen LogP contribution in [-0.4, -0.2) is 17.1 Å². The van der Waals surface area contributed by atoms with Gasteiger partial charge in [0.25, 0.3) is 5.91 Å². The van der Waals surface area contributed by atoms with Gasteiger partial charge in [0.2, 0.25) is 0 Å². The number of amides is 1. The van der Waals surface area contributed by atoms with E-state index < -0.39 is 11.7 Å². The molecule has 7 heteroatoms. The number of nitrogens with zero attached hydrogens (tertiary/aromatic N) is 1. The Morgan fingerprint density at radius 2 is 1.89 bits per heavy atom. The van der Waals surface area contributed by atoms with Gasteiger partial charge in [-0.25, -0.2) is 9.87 Å². The average molecular weight is 491 g/mol. The summed E-state index contributed by atoms with van der Waals surface area (Å²) in [5, 5.41) is 3.14. The number of hydroxylamine groups is 1. The SMILES string of the molecule is O=C(NOCC1CC1)c1cc(-n2cccc2)c(F)cc1Nc1ccc(I)cc1. The van der Waals surface area contributed by atoms with E-state index in [-0.39, 0.29) is 0 Å². The Morgan fingerprint density at radius 1 is 1.18 bits per heavy atom. The van der Waals surface area contributed by atoms with Crippen molar-refractivity contribution in [2.45, 2.75) is 12.8 Å². The number of anilines is 2. The highest BCUT2D eigenvalue weighted by Gasteiger charge is 2.23. The number of carbonyl (C=O) groups excluding carboxylic acids is 1. The second-order valence-corrected chi connectivity index (χ2v) is 8.00. The summed E-state index contributed by atoms with van der Waals surface area (Å²) in [7, 11) is 0. The lowest BCUT2D eigenvalue weighted by molar-refractivity contribution is 0.0271. The lowest BCUT2D eigenvalue weighted by Crippen LogP contribution is -2.26. The number of aromatic nitrogens is 1. The first-order chi connectivity index (χ1) is 13.6. The molecule has 1 heterocycles. The molecule has 1 saturated carbocycles. The predicted molar refractivity (Wildman–Crippen MR) is 114 cm³/mol. The van der Waals surface area contributed by atoms with Crippen molar-refractivity contribution >= 4 is 39.9 Å². The van der Waals surface area contributed by atoms with Gasteiger partial charge in [-0.2, -0.15) is 0 Å². The Bertz CT molecular complexity index is 970. The lowest BCUT2D eigenvalue weighted by Gasteiger charge is -2.15. The van der Waals surface area contributed by atoms with Crippen LogP contribution in [0.3, 0.4) is 0 Å². The van der Waals surface area contributed by atoms with Gasteiger partial charge in [-0.3, -0.25) is 9.63 Å². The number of carbonyl (C=O) groups is 1. The maximum Gasteiger partial charge on any atom is 0.277 e. The van der Waals surface area contributed by atoms with Gasteiger partial charge >= 0.3 is 0 Å². The molecule has 1 aliphatic carbocycles. The van der Waals surface area contributed by atoms with E-state index in [4.69, 9.17) is 4.84 Å². The Hall–Kier alpha value is -2.39. The van der Waals surface area contributed by atoms with Gasteiger partial charge in [-0.15, -0.1) is 0 Å². The molecular weight excluding hydrogens is 472 g/mol. The smallest absolute Gasteiger partial charge is 0.277 e. The Balaban J connectivity index is 1.64. The first-order valence-electron chi connectivity index (χ1n) is 9.02. The highest BCUT2D eigenvalue weighted by atomic mass is 127. The molecule has 0 unspecified atom stereocenters. The average Bonchev–Trinajstić information content (AvgIpc) is 3.34. The molecule has 0 bridgehead atoms. The summed E-state index contributed by atoms with van der Waals surface area (Å²) in [5.74, 6) is -0.324. The largest absolute Gasteiger partial charge is 0.355 e. The van der Waals surface area contributed by atoms with Crippen LogP contribution in [0.15, 0.2) is 60.9 Å². The molecule has 0 spiro atoms. The van der Waals surface area contributed by atoms with E-state index in [1.165, 1.54) is 12.1 Å². The van der Waals surface area contributed by atoms with Crippen LogP contribution in [0, 0.1) is 15.3 Å². The van der Waals surface area contributed by atoms with Crippen molar-refractivity contribution in [3.8, 4) is 5.69 Å². The van der Waals surface area contributed by atoms with E-state index in [1.54, 1.807) is 29.1 Å². The normalized spacial score (nSPS) is 13.4. The first kappa shape index (κ1) is 18.9. The van der Waals surface area contributed by atoms with E-state index in [0.29, 0.717) is 29.5 Å². The number of benzene rings is 2. The zero-order chi connectivity index (χ0) is 19.5. The number of nitrogens with one attached hydrogen (secondary N) is 2. The third-order valence-corrected chi connectivity index (χ3v) is 5.24. The molecule has 28 heavy (non-hydrogen) atoms. The fraction of sp³-hybridized carbons (Fsp3) is 0.190. The number of halogens is 2. The van der Waals surface area contributed by atoms with Crippen molar-refractivity contribution in [1.29, 1.82) is 0 Å². The maximum atomic E-state index is 14.8. The van der Waals surface area contributed by atoms with Crippen LogP contribution in [0.25, 0.3) is 5.69 Å². The summed E-state index contributed by atoms with van der Waals surface area (Å²) in [6, 6.07) is 14.1.